The summed E-state index contributed by atoms with van der Waals surface area (Å²) in [4.78, 5) is 13.7. The first-order chi connectivity index (χ1) is 8.52. The van der Waals surface area contributed by atoms with Crippen LogP contribution in [0.4, 0.5) is 0 Å². The molecular weight excluding hydrogens is 248 g/mol. The molecule has 0 bridgehead atoms. The number of nitrogens with zero attached hydrogens (tertiary/aromatic N) is 2. The lowest BCUT2D eigenvalue weighted by molar-refractivity contribution is 0.0952. The number of aromatic nitrogens is 2. The maximum atomic E-state index is 12.0. The second-order valence-corrected chi connectivity index (χ2v) is 5.62. The van der Waals surface area contributed by atoms with Crippen LogP contribution in [0.3, 0.4) is 0 Å². The minimum absolute atomic E-state index is 0.0316. The molecule has 98 valence electrons. The first-order valence-electron chi connectivity index (χ1n) is 5.94. The second-order valence-electron chi connectivity index (χ2n) is 4.59. The molecule has 0 aliphatic carbocycles. The van der Waals surface area contributed by atoms with E-state index in [1.807, 2.05) is 31.6 Å². The number of carbonyl (C=O) groups excluding carboxylic acids is 1. The van der Waals surface area contributed by atoms with Gasteiger partial charge in [-0.05, 0) is 25.5 Å². The number of nitrogens with two attached hydrogens (primary N) is 1. The minimum atomic E-state index is -0.0316. The molecule has 2 heterocycles. The molecular formula is C12H18N4OS. The summed E-state index contributed by atoms with van der Waals surface area (Å²) in [5.41, 5.74) is 6.48. The molecule has 0 aliphatic heterocycles. The van der Waals surface area contributed by atoms with Gasteiger partial charge in [0.15, 0.2) is 0 Å². The molecule has 0 saturated carbocycles. The zero-order chi connectivity index (χ0) is 13.3. The number of rotatable bonds is 4. The molecule has 1 amide bonds. The highest BCUT2D eigenvalue weighted by atomic mass is 32.1. The van der Waals surface area contributed by atoms with Crippen LogP contribution in [0.25, 0.3) is 10.2 Å². The number of carbonyl (C=O) groups is 1. The van der Waals surface area contributed by atoms with Gasteiger partial charge in [-0.1, -0.05) is 6.92 Å². The van der Waals surface area contributed by atoms with E-state index in [0.29, 0.717) is 19.0 Å². The largest absolute Gasteiger partial charge is 0.351 e. The Morgan fingerprint density at radius 2 is 2.39 bits per heavy atom. The molecule has 0 radical (unpaired) electrons. The highest BCUT2D eigenvalue weighted by Gasteiger charge is 2.15. The molecule has 5 nitrogen and oxygen atoms in total. The van der Waals surface area contributed by atoms with Crippen molar-refractivity contribution in [3.05, 3.63) is 16.6 Å². The third-order valence-electron chi connectivity index (χ3n) is 2.93. The third-order valence-corrected chi connectivity index (χ3v) is 4.13. The van der Waals surface area contributed by atoms with Crippen molar-refractivity contribution in [3.8, 4) is 0 Å². The molecule has 0 fully saturated rings. The maximum absolute atomic E-state index is 12.0. The molecule has 6 heteroatoms. The van der Waals surface area contributed by atoms with Crippen molar-refractivity contribution in [2.24, 2.45) is 18.7 Å². The monoisotopic (exact) mass is 266 g/mol. The fourth-order valence-corrected chi connectivity index (χ4v) is 2.79. The van der Waals surface area contributed by atoms with E-state index in [1.165, 1.54) is 11.3 Å². The average Bonchev–Trinajstić information content (AvgIpc) is 2.89. The van der Waals surface area contributed by atoms with Gasteiger partial charge in [-0.25, -0.2) is 0 Å². The molecule has 2 aromatic heterocycles. The predicted molar refractivity (Wildman–Crippen MR) is 73.9 cm³/mol. The van der Waals surface area contributed by atoms with E-state index in [4.69, 9.17) is 5.73 Å². The number of fused-ring (bicyclic) bond motifs is 1. The molecule has 2 aromatic rings. The van der Waals surface area contributed by atoms with Crippen LogP contribution >= 0.6 is 11.3 Å². The number of hydrogen-bond acceptors (Lipinski definition) is 4. The zero-order valence-electron chi connectivity index (χ0n) is 10.9. The normalized spacial score (nSPS) is 12.9. The minimum Gasteiger partial charge on any atom is -0.351 e. The number of hydrogen-bond donors (Lipinski definition) is 2. The van der Waals surface area contributed by atoms with E-state index < -0.39 is 0 Å². The van der Waals surface area contributed by atoms with Gasteiger partial charge in [-0.2, -0.15) is 5.10 Å². The first kappa shape index (κ1) is 13.0. The van der Waals surface area contributed by atoms with Gasteiger partial charge in [0.2, 0.25) is 0 Å². The summed E-state index contributed by atoms with van der Waals surface area (Å²) in [6.07, 6.45) is 0. The maximum Gasteiger partial charge on any atom is 0.261 e. The Morgan fingerprint density at radius 3 is 3.00 bits per heavy atom. The smallest absolute Gasteiger partial charge is 0.261 e. The van der Waals surface area contributed by atoms with Crippen molar-refractivity contribution in [1.82, 2.24) is 15.1 Å². The Kier molecular flexibility index (Phi) is 3.68. The Labute approximate surface area is 110 Å². The van der Waals surface area contributed by atoms with Gasteiger partial charge >= 0.3 is 0 Å². The summed E-state index contributed by atoms with van der Waals surface area (Å²) in [7, 11) is 1.89. The molecule has 0 aliphatic rings. The number of thiophene rings is 1. The number of amides is 1. The molecule has 0 spiro atoms. The van der Waals surface area contributed by atoms with Crippen LogP contribution in [0, 0.1) is 12.8 Å². The van der Waals surface area contributed by atoms with E-state index in [-0.39, 0.29) is 5.91 Å². The molecule has 1 atom stereocenters. The van der Waals surface area contributed by atoms with Crippen LogP contribution in [-0.2, 0) is 7.05 Å². The molecule has 2 rings (SSSR count). The van der Waals surface area contributed by atoms with E-state index in [1.54, 1.807) is 0 Å². The predicted octanol–water partition coefficient (Wildman–Crippen LogP) is 1.27. The SMILES string of the molecule is Cc1nn(C)c2sc(C(=O)NCC(C)CN)cc12. The van der Waals surface area contributed by atoms with Gasteiger partial charge in [-0.3, -0.25) is 9.48 Å². The van der Waals surface area contributed by atoms with Gasteiger partial charge in [0.25, 0.3) is 5.91 Å². The van der Waals surface area contributed by atoms with E-state index in [9.17, 15) is 4.79 Å². The van der Waals surface area contributed by atoms with Crippen molar-refractivity contribution in [2.45, 2.75) is 13.8 Å². The van der Waals surface area contributed by atoms with Gasteiger partial charge in [0, 0.05) is 19.0 Å². The molecule has 1 unspecified atom stereocenters. The standard InChI is InChI=1S/C12H18N4OS/c1-7(5-13)6-14-11(17)10-4-9-8(2)15-16(3)12(9)18-10/h4,7H,5-6,13H2,1-3H3,(H,14,17). The summed E-state index contributed by atoms with van der Waals surface area (Å²) >= 11 is 1.47. The van der Waals surface area contributed by atoms with Crippen molar-refractivity contribution in [2.75, 3.05) is 13.1 Å². The lowest BCUT2D eigenvalue weighted by Crippen LogP contribution is -2.30. The van der Waals surface area contributed by atoms with Crippen LogP contribution in [0.2, 0.25) is 0 Å². The van der Waals surface area contributed by atoms with Crippen LogP contribution in [-0.4, -0.2) is 28.8 Å². The van der Waals surface area contributed by atoms with Gasteiger partial charge < -0.3 is 11.1 Å². The van der Waals surface area contributed by atoms with E-state index >= 15 is 0 Å². The molecule has 0 saturated heterocycles. The summed E-state index contributed by atoms with van der Waals surface area (Å²) < 4.78 is 1.81. The lowest BCUT2D eigenvalue weighted by Gasteiger charge is -2.08. The first-order valence-corrected chi connectivity index (χ1v) is 6.76. The molecule has 18 heavy (non-hydrogen) atoms. The fraction of sp³-hybridized carbons (Fsp3) is 0.500. The van der Waals surface area contributed by atoms with Gasteiger partial charge in [-0.15, -0.1) is 11.3 Å². The van der Waals surface area contributed by atoms with E-state index in [2.05, 4.69) is 10.4 Å². The number of aryl methyl sites for hydroxylation is 2. The van der Waals surface area contributed by atoms with E-state index in [0.717, 1.165) is 20.8 Å². The van der Waals surface area contributed by atoms with Crippen LogP contribution in [0.15, 0.2) is 6.07 Å². The lowest BCUT2D eigenvalue weighted by atomic mass is 10.2. The van der Waals surface area contributed by atoms with Crippen LogP contribution < -0.4 is 11.1 Å². The molecule has 0 aromatic carbocycles. The summed E-state index contributed by atoms with van der Waals surface area (Å²) in [5, 5.41) is 8.27. The Morgan fingerprint density at radius 1 is 1.67 bits per heavy atom. The Bertz CT molecular complexity index is 537. The third kappa shape index (κ3) is 2.39. The van der Waals surface area contributed by atoms with Gasteiger partial charge in [0.1, 0.15) is 4.83 Å². The summed E-state index contributed by atoms with van der Waals surface area (Å²) in [6.45, 7) is 5.16. The summed E-state index contributed by atoms with van der Waals surface area (Å²) in [6, 6.07) is 1.91. The van der Waals surface area contributed by atoms with Crippen LogP contribution in [0.1, 0.15) is 22.3 Å². The molecule has 3 N–H and O–H groups in total. The van der Waals surface area contributed by atoms with Crippen LogP contribution in [0.5, 0.6) is 0 Å². The average molecular weight is 266 g/mol. The van der Waals surface area contributed by atoms with Crippen molar-refractivity contribution < 1.29 is 4.79 Å². The van der Waals surface area contributed by atoms with Crippen molar-refractivity contribution in [3.63, 3.8) is 0 Å². The second kappa shape index (κ2) is 5.07. The quantitative estimate of drug-likeness (QED) is 0.875. The zero-order valence-corrected chi connectivity index (χ0v) is 11.7. The topological polar surface area (TPSA) is 72.9 Å². The van der Waals surface area contributed by atoms with Crippen molar-refractivity contribution in [1.29, 1.82) is 0 Å². The highest BCUT2D eigenvalue weighted by Crippen LogP contribution is 2.27. The van der Waals surface area contributed by atoms with Gasteiger partial charge in [0.05, 0.1) is 10.6 Å². The Balaban J connectivity index is 2.16. The fourth-order valence-electron chi connectivity index (χ4n) is 1.75. The highest BCUT2D eigenvalue weighted by molar-refractivity contribution is 7.20. The van der Waals surface area contributed by atoms with Crippen molar-refractivity contribution >= 4 is 27.5 Å². The summed E-state index contributed by atoms with van der Waals surface area (Å²) in [5.74, 6) is 0.266. The Hall–Kier alpha value is -1.40. The number of nitrogens with one attached hydrogen (secondary N) is 1.